The number of benzene rings is 1. The molecule has 7 nitrogen and oxygen atoms in total. The second-order valence-corrected chi connectivity index (χ2v) is 9.43. The van der Waals surface area contributed by atoms with Crippen molar-refractivity contribution in [1.82, 2.24) is 15.3 Å². The molecule has 1 aromatic heterocycles. The Balaban J connectivity index is 1.56. The number of halogens is 2. The van der Waals surface area contributed by atoms with Crippen LogP contribution in [0.5, 0.6) is 5.75 Å². The zero-order chi connectivity index (χ0) is 21.5. The molecule has 30 heavy (non-hydrogen) atoms. The minimum Gasteiger partial charge on any atom is -0.484 e. The summed E-state index contributed by atoms with van der Waals surface area (Å²) in [5.41, 5.74) is -0.530. The van der Waals surface area contributed by atoms with Crippen molar-refractivity contribution in [3.63, 3.8) is 0 Å². The Morgan fingerprint density at radius 2 is 2.03 bits per heavy atom. The van der Waals surface area contributed by atoms with Gasteiger partial charge >= 0.3 is 6.09 Å². The first-order valence-corrected chi connectivity index (χ1v) is 10.6. The molecule has 1 atom stereocenters. The third-order valence-corrected chi connectivity index (χ3v) is 5.74. The number of ether oxygens (including phenoxy) is 2. The third-order valence-electron chi connectivity index (χ3n) is 5.33. The second-order valence-electron chi connectivity index (χ2n) is 8.61. The first-order valence-electron chi connectivity index (χ1n) is 9.86. The molecule has 1 unspecified atom stereocenters. The van der Waals surface area contributed by atoms with Crippen LogP contribution in [0.2, 0.25) is 0 Å². The predicted octanol–water partition coefficient (Wildman–Crippen LogP) is 4.38. The number of amides is 1. The molecular formula is C21H24BrFN4O3. The van der Waals surface area contributed by atoms with Gasteiger partial charge in [-0.3, -0.25) is 0 Å². The summed E-state index contributed by atoms with van der Waals surface area (Å²) in [6.07, 6.45) is 4.12. The molecule has 160 valence electrons. The Morgan fingerprint density at radius 3 is 2.67 bits per heavy atom. The van der Waals surface area contributed by atoms with Gasteiger partial charge in [0.15, 0.2) is 0 Å². The summed E-state index contributed by atoms with van der Waals surface area (Å²) in [5, 5.41) is 2.97. The van der Waals surface area contributed by atoms with Crippen LogP contribution < -0.4 is 15.0 Å². The van der Waals surface area contributed by atoms with Crippen molar-refractivity contribution in [1.29, 1.82) is 0 Å². The average Bonchev–Trinajstić information content (AvgIpc) is 2.94. The maximum absolute atomic E-state index is 13.8. The normalized spacial score (nSPS) is 19.9. The molecule has 0 radical (unpaired) electrons. The van der Waals surface area contributed by atoms with Crippen LogP contribution in [0.3, 0.4) is 0 Å². The van der Waals surface area contributed by atoms with Crippen molar-refractivity contribution in [2.45, 2.75) is 50.9 Å². The largest absolute Gasteiger partial charge is 0.484 e. The van der Waals surface area contributed by atoms with E-state index in [1.807, 2.05) is 20.8 Å². The van der Waals surface area contributed by atoms with E-state index in [2.05, 4.69) is 36.1 Å². The highest BCUT2D eigenvalue weighted by Crippen LogP contribution is 2.49. The summed E-state index contributed by atoms with van der Waals surface area (Å²) in [5.74, 6) is 0.878. The number of carbonyl (C=O) groups is 1. The van der Waals surface area contributed by atoms with Crippen molar-refractivity contribution in [2.24, 2.45) is 0 Å². The average molecular weight is 479 g/mol. The lowest BCUT2D eigenvalue weighted by Gasteiger charge is -2.42. The van der Waals surface area contributed by atoms with Crippen molar-refractivity contribution in [3.05, 3.63) is 46.6 Å². The summed E-state index contributed by atoms with van der Waals surface area (Å²) >= 11 is 3.30. The summed E-state index contributed by atoms with van der Waals surface area (Å²) < 4.78 is 26.2. The van der Waals surface area contributed by atoms with Gasteiger partial charge < -0.3 is 19.7 Å². The number of fused-ring (bicyclic) bond motifs is 1. The molecule has 1 saturated heterocycles. The van der Waals surface area contributed by atoms with Gasteiger partial charge in [0.05, 0.1) is 12.4 Å². The van der Waals surface area contributed by atoms with Gasteiger partial charge in [-0.15, -0.1) is 0 Å². The van der Waals surface area contributed by atoms with Crippen LogP contribution in [0.25, 0.3) is 0 Å². The Kier molecular flexibility index (Phi) is 5.34. The van der Waals surface area contributed by atoms with Crippen molar-refractivity contribution in [3.8, 4) is 5.75 Å². The van der Waals surface area contributed by atoms with Gasteiger partial charge in [-0.1, -0.05) is 6.07 Å². The standard InChI is InChI=1S/C21H24BrFN4O3/c1-20(2,3)30-19(28)26-18-14-5-4-13(23)10-15(14)29-21(18)6-8-27(9-7-21)17-12-24-16(22)11-25-17/h4-5,10-12,18H,6-9H2,1-3H3,(H,26,28). The van der Waals surface area contributed by atoms with E-state index in [0.717, 1.165) is 11.4 Å². The summed E-state index contributed by atoms with van der Waals surface area (Å²) in [6.45, 7) is 6.77. The Labute approximate surface area is 183 Å². The Morgan fingerprint density at radius 1 is 1.30 bits per heavy atom. The fourth-order valence-corrected chi connectivity index (χ4v) is 4.21. The van der Waals surface area contributed by atoms with Gasteiger partial charge in [0.25, 0.3) is 0 Å². The Hall–Kier alpha value is -2.42. The first-order chi connectivity index (χ1) is 14.2. The molecule has 4 rings (SSSR count). The first kappa shape index (κ1) is 20.8. The van der Waals surface area contributed by atoms with Crippen LogP contribution in [0.15, 0.2) is 35.2 Å². The molecule has 0 aliphatic carbocycles. The SMILES string of the molecule is CC(C)(C)OC(=O)NC1c2ccc(F)cc2OC12CCN(c1cnc(Br)cn1)CC2. The molecule has 1 fully saturated rings. The number of nitrogens with one attached hydrogen (secondary N) is 1. The van der Waals surface area contributed by atoms with E-state index in [9.17, 15) is 9.18 Å². The van der Waals surface area contributed by atoms with E-state index in [1.54, 1.807) is 18.5 Å². The van der Waals surface area contributed by atoms with E-state index in [4.69, 9.17) is 9.47 Å². The molecule has 1 aromatic carbocycles. The number of hydrogen-bond acceptors (Lipinski definition) is 6. The van der Waals surface area contributed by atoms with E-state index >= 15 is 0 Å². The number of anilines is 1. The summed E-state index contributed by atoms with van der Waals surface area (Å²) in [6, 6.07) is 4.01. The predicted molar refractivity (Wildman–Crippen MR) is 113 cm³/mol. The fourth-order valence-electron chi connectivity index (χ4n) is 4.00. The monoisotopic (exact) mass is 478 g/mol. The highest BCUT2D eigenvalue weighted by Gasteiger charge is 2.51. The van der Waals surface area contributed by atoms with Gasteiger partial charge in [-0.2, -0.15) is 0 Å². The number of piperidine rings is 1. The molecule has 3 heterocycles. The number of hydrogen-bond donors (Lipinski definition) is 1. The lowest BCUT2D eigenvalue weighted by molar-refractivity contribution is 0.0148. The van der Waals surface area contributed by atoms with Crippen molar-refractivity contribution in [2.75, 3.05) is 18.0 Å². The van der Waals surface area contributed by atoms with E-state index < -0.39 is 23.3 Å². The zero-order valence-corrected chi connectivity index (χ0v) is 18.7. The molecule has 0 saturated carbocycles. The minimum absolute atomic E-state index is 0.371. The number of carbonyl (C=O) groups excluding carboxylic acids is 1. The van der Waals surface area contributed by atoms with Gasteiger partial charge in [-0.05, 0) is 42.8 Å². The van der Waals surface area contributed by atoms with Crippen LogP contribution in [0, 0.1) is 5.82 Å². The van der Waals surface area contributed by atoms with Crippen molar-refractivity contribution >= 4 is 27.8 Å². The Bertz CT molecular complexity index is 940. The van der Waals surface area contributed by atoms with Crippen LogP contribution in [-0.2, 0) is 4.74 Å². The van der Waals surface area contributed by atoms with Gasteiger partial charge in [-0.25, -0.2) is 19.2 Å². The molecule has 2 aliphatic rings. The number of rotatable bonds is 2. The molecule has 0 bridgehead atoms. The topological polar surface area (TPSA) is 76.6 Å². The van der Waals surface area contributed by atoms with Gasteiger partial charge in [0, 0.05) is 37.6 Å². The maximum Gasteiger partial charge on any atom is 0.408 e. The molecule has 1 spiro atoms. The van der Waals surface area contributed by atoms with E-state index in [1.165, 1.54) is 12.1 Å². The summed E-state index contributed by atoms with van der Waals surface area (Å²) in [4.78, 5) is 23.3. The van der Waals surface area contributed by atoms with E-state index in [-0.39, 0.29) is 5.82 Å². The molecule has 2 aromatic rings. The van der Waals surface area contributed by atoms with Crippen LogP contribution in [-0.4, -0.2) is 40.4 Å². The highest BCUT2D eigenvalue weighted by atomic mass is 79.9. The second kappa shape index (κ2) is 7.68. The molecule has 2 aliphatic heterocycles. The molecule has 1 N–H and O–H groups in total. The third kappa shape index (κ3) is 4.21. The van der Waals surface area contributed by atoms with Crippen LogP contribution in [0.4, 0.5) is 15.0 Å². The molecular weight excluding hydrogens is 455 g/mol. The number of aromatic nitrogens is 2. The van der Waals surface area contributed by atoms with Gasteiger partial charge in [0.2, 0.25) is 0 Å². The van der Waals surface area contributed by atoms with Crippen LogP contribution >= 0.6 is 15.9 Å². The van der Waals surface area contributed by atoms with Gasteiger partial charge in [0.1, 0.15) is 39.2 Å². The zero-order valence-electron chi connectivity index (χ0n) is 17.1. The molecule has 9 heteroatoms. The fraction of sp³-hybridized carbons (Fsp3) is 0.476. The highest BCUT2D eigenvalue weighted by molar-refractivity contribution is 9.10. The minimum atomic E-state index is -0.674. The van der Waals surface area contributed by atoms with Crippen molar-refractivity contribution < 1.29 is 18.7 Å². The number of alkyl carbamates (subject to hydrolysis) is 1. The van der Waals surface area contributed by atoms with E-state index in [0.29, 0.717) is 36.3 Å². The quantitative estimate of drug-likeness (QED) is 0.690. The number of nitrogens with zero attached hydrogens (tertiary/aromatic N) is 3. The molecule has 1 amide bonds. The maximum atomic E-state index is 13.8. The smallest absolute Gasteiger partial charge is 0.408 e. The lowest BCUT2D eigenvalue weighted by Crippen LogP contribution is -2.54. The lowest BCUT2D eigenvalue weighted by atomic mass is 9.82. The summed E-state index contributed by atoms with van der Waals surface area (Å²) in [7, 11) is 0. The van der Waals surface area contributed by atoms with Crippen LogP contribution in [0.1, 0.15) is 45.2 Å².